The molecule has 0 saturated carbocycles. The molecular weight excluding hydrogens is 772 g/mol. The lowest BCUT2D eigenvalue weighted by Crippen LogP contribution is -2.17. The number of rotatable bonds is 9. The van der Waals surface area contributed by atoms with Gasteiger partial charge in [-0.05, 0) is 100 Å². The molecule has 10 heteroatoms. The number of benzene rings is 4. The highest BCUT2D eigenvalue weighted by molar-refractivity contribution is 14.1. The molecule has 0 atom stereocenters. The minimum atomic E-state index is -0.307. The van der Waals surface area contributed by atoms with Crippen LogP contribution in [-0.4, -0.2) is 17.1 Å². The second-order valence-corrected chi connectivity index (χ2v) is 12.4. The van der Waals surface area contributed by atoms with Crippen molar-refractivity contribution in [2.24, 2.45) is 5.10 Å². The first-order valence-corrected chi connectivity index (χ1v) is 15.8. The number of hydrazone groups is 1. The first kappa shape index (κ1) is 29.7. The van der Waals surface area contributed by atoms with Crippen LogP contribution >= 0.6 is 56.5 Å². The molecule has 0 aliphatic heterocycles. The molecule has 208 valence electrons. The maximum absolute atomic E-state index is 12.7. The van der Waals surface area contributed by atoms with Crippen LogP contribution in [0.15, 0.2) is 95.4 Å². The lowest BCUT2D eigenvalue weighted by atomic mass is 10.1. The third kappa shape index (κ3) is 7.53. The van der Waals surface area contributed by atoms with Gasteiger partial charge in [0.05, 0.1) is 30.7 Å². The van der Waals surface area contributed by atoms with E-state index in [0.29, 0.717) is 17.7 Å². The van der Waals surface area contributed by atoms with Crippen LogP contribution in [0.1, 0.15) is 32.6 Å². The van der Waals surface area contributed by atoms with Crippen molar-refractivity contribution in [1.29, 1.82) is 5.26 Å². The molecule has 2 N–H and O–H groups in total. The van der Waals surface area contributed by atoms with E-state index in [1.54, 1.807) is 24.4 Å². The zero-order chi connectivity index (χ0) is 29.5. The van der Waals surface area contributed by atoms with Crippen LogP contribution in [-0.2, 0) is 6.61 Å². The summed E-state index contributed by atoms with van der Waals surface area (Å²) >= 11 is 5.95. The van der Waals surface area contributed by atoms with Crippen LogP contribution in [0.25, 0.3) is 11.3 Å². The summed E-state index contributed by atoms with van der Waals surface area (Å²) in [4.78, 5) is 17.4. The zero-order valence-electron chi connectivity index (χ0n) is 22.3. The van der Waals surface area contributed by atoms with Gasteiger partial charge in [0.1, 0.15) is 12.4 Å². The average Bonchev–Trinajstić information content (AvgIpc) is 3.46. The number of ether oxygens (including phenoxy) is 1. The molecule has 5 rings (SSSR count). The number of anilines is 2. The Balaban J connectivity index is 1.17. The summed E-state index contributed by atoms with van der Waals surface area (Å²) in [6.45, 7) is 2.35. The number of amides is 1. The highest BCUT2D eigenvalue weighted by atomic mass is 127. The van der Waals surface area contributed by atoms with E-state index < -0.39 is 0 Å². The minimum Gasteiger partial charge on any atom is -0.487 e. The van der Waals surface area contributed by atoms with Crippen molar-refractivity contribution in [1.82, 2.24) is 10.4 Å². The Morgan fingerprint density at radius 2 is 1.76 bits per heavy atom. The van der Waals surface area contributed by atoms with E-state index in [1.807, 2.05) is 60.0 Å². The fraction of sp³-hybridized carbons (Fsp3) is 0.0625. The van der Waals surface area contributed by atoms with E-state index in [2.05, 4.69) is 91.1 Å². The molecule has 0 saturated heterocycles. The summed E-state index contributed by atoms with van der Waals surface area (Å²) in [5, 5.41) is 19.6. The molecule has 0 radical (unpaired) electrons. The number of hydrogen-bond acceptors (Lipinski definition) is 7. The molecule has 7 nitrogen and oxygen atoms in total. The zero-order valence-corrected chi connectivity index (χ0v) is 27.4. The number of hydrogen-bond donors (Lipinski definition) is 2. The van der Waals surface area contributed by atoms with Gasteiger partial charge in [-0.1, -0.05) is 48.0 Å². The molecule has 1 aromatic heterocycles. The number of nitrogens with one attached hydrogen (secondary N) is 2. The molecule has 0 fully saturated rings. The molecule has 0 aliphatic carbocycles. The Morgan fingerprint density at radius 3 is 2.48 bits per heavy atom. The van der Waals surface area contributed by atoms with Crippen molar-refractivity contribution < 1.29 is 9.53 Å². The minimum absolute atomic E-state index is 0.298. The Bertz CT molecular complexity index is 1770. The molecule has 1 heterocycles. The number of carbonyl (C=O) groups is 1. The number of nitrogens with zero attached hydrogens (tertiary/aromatic N) is 3. The van der Waals surface area contributed by atoms with Crippen molar-refractivity contribution in [3.8, 4) is 23.1 Å². The van der Waals surface area contributed by atoms with Crippen LogP contribution < -0.4 is 15.5 Å². The van der Waals surface area contributed by atoms with Gasteiger partial charge in [-0.15, -0.1) is 11.3 Å². The molecule has 4 aromatic carbocycles. The molecule has 5 aromatic rings. The van der Waals surface area contributed by atoms with Crippen molar-refractivity contribution in [3.63, 3.8) is 0 Å². The number of carbonyl (C=O) groups excluding carboxylic acids is 1. The van der Waals surface area contributed by atoms with E-state index in [9.17, 15) is 10.1 Å². The number of aromatic nitrogens is 1. The summed E-state index contributed by atoms with van der Waals surface area (Å²) in [5.41, 5.74) is 9.29. The lowest BCUT2D eigenvalue weighted by Gasteiger charge is -2.12. The second kappa shape index (κ2) is 13.9. The van der Waals surface area contributed by atoms with Crippen LogP contribution in [0, 0.1) is 25.4 Å². The first-order valence-electron chi connectivity index (χ1n) is 12.7. The molecule has 0 spiro atoms. The third-order valence-electron chi connectivity index (χ3n) is 6.16. The fourth-order valence-electron chi connectivity index (χ4n) is 3.94. The fourth-order valence-corrected chi connectivity index (χ4v) is 6.81. The van der Waals surface area contributed by atoms with Crippen molar-refractivity contribution >= 4 is 79.5 Å². The van der Waals surface area contributed by atoms with E-state index >= 15 is 0 Å². The van der Waals surface area contributed by atoms with Crippen molar-refractivity contribution in [2.75, 3.05) is 5.32 Å². The van der Waals surface area contributed by atoms with Gasteiger partial charge in [-0.3, -0.25) is 4.79 Å². The number of nitriles is 1. The summed E-state index contributed by atoms with van der Waals surface area (Å²) in [5.74, 6) is 0.432. The van der Waals surface area contributed by atoms with Crippen LogP contribution in [0.2, 0.25) is 0 Å². The normalized spacial score (nSPS) is 10.8. The Kier molecular flexibility index (Phi) is 9.83. The Labute approximate surface area is 275 Å². The van der Waals surface area contributed by atoms with Gasteiger partial charge in [0.25, 0.3) is 5.91 Å². The molecule has 1 amide bonds. The van der Waals surface area contributed by atoms with E-state index in [0.717, 1.165) is 46.1 Å². The highest BCUT2D eigenvalue weighted by Crippen LogP contribution is 2.30. The SMILES string of the molecule is Cc1ccc(Nc2nc(-c3ccc(C(=O)N/N=C\c4cc(I)c(OCc5ccccc5C#N)c(I)c4)cc3)cs2)cc1. The van der Waals surface area contributed by atoms with E-state index in [4.69, 9.17) is 4.74 Å². The molecular formula is C32H23I2N5O2S. The molecule has 0 bridgehead atoms. The van der Waals surface area contributed by atoms with E-state index in [1.165, 1.54) is 16.9 Å². The average molecular weight is 795 g/mol. The van der Waals surface area contributed by atoms with Gasteiger partial charge in [0, 0.05) is 27.8 Å². The Hall–Kier alpha value is -3.80. The maximum atomic E-state index is 12.7. The van der Waals surface area contributed by atoms with Crippen LogP contribution in [0.3, 0.4) is 0 Å². The largest absolute Gasteiger partial charge is 0.487 e. The van der Waals surface area contributed by atoms with Gasteiger partial charge in [0.15, 0.2) is 5.13 Å². The predicted octanol–water partition coefficient (Wildman–Crippen LogP) is 8.29. The van der Waals surface area contributed by atoms with Crippen molar-refractivity contribution in [2.45, 2.75) is 13.5 Å². The predicted molar refractivity (Wildman–Crippen MR) is 184 cm³/mol. The Morgan fingerprint density at radius 1 is 1.05 bits per heavy atom. The topological polar surface area (TPSA) is 99.4 Å². The van der Waals surface area contributed by atoms with E-state index in [-0.39, 0.29) is 5.91 Å². The molecule has 42 heavy (non-hydrogen) atoms. The first-order chi connectivity index (χ1) is 20.4. The third-order valence-corrected chi connectivity index (χ3v) is 8.52. The van der Waals surface area contributed by atoms with Gasteiger partial charge in [-0.25, -0.2) is 10.4 Å². The van der Waals surface area contributed by atoms with Gasteiger partial charge in [0.2, 0.25) is 0 Å². The summed E-state index contributed by atoms with van der Waals surface area (Å²) in [7, 11) is 0. The smallest absolute Gasteiger partial charge is 0.271 e. The van der Waals surface area contributed by atoms with Crippen molar-refractivity contribution in [3.05, 3.63) is 125 Å². The second-order valence-electron chi connectivity index (χ2n) is 9.18. The summed E-state index contributed by atoms with van der Waals surface area (Å²) < 4.78 is 7.84. The van der Waals surface area contributed by atoms with Gasteiger partial charge < -0.3 is 10.1 Å². The molecule has 0 unspecified atom stereocenters. The van der Waals surface area contributed by atoms with Crippen LogP contribution in [0.5, 0.6) is 5.75 Å². The lowest BCUT2D eigenvalue weighted by molar-refractivity contribution is 0.0955. The number of aryl methyl sites for hydroxylation is 1. The van der Waals surface area contributed by atoms with Gasteiger partial charge in [-0.2, -0.15) is 10.4 Å². The number of thiazole rings is 1. The summed E-state index contributed by atoms with van der Waals surface area (Å²) in [6.07, 6.45) is 1.60. The standard InChI is InChI=1S/C32H23I2N5O2S/c1-20-6-12-26(13-7-20)37-32-38-29(19-42-32)22-8-10-23(11-9-22)31(40)39-36-17-21-14-27(33)30(28(34)15-21)41-18-25-5-3-2-4-24(25)16-35/h2-15,17,19H,18H2,1H3,(H,37,38)(H,39,40)/b36-17-. The number of halogens is 2. The van der Waals surface area contributed by atoms with Gasteiger partial charge >= 0.3 is 0 Å². The summed E-state index contributed by atoms with van der Waals surface area (Å²) in [6, 6.07) is 28.9. The molecule has 0 aliphatic rings. The monoisotopic (exact) mass is 795 g/mol. The van der Waals surface area contributed by atoms with Crippen LogP contribution in [0.4, 0.5) is 10.8 Å². The maximum Gasteiger partial charge on any atom is 0.271 e. The quantitative estimate of drug-likeness (QED) is 0.0890. The highest BCUT2D eigenvalue weighted by Gasteiger charge is 2.11.